The number of aromatic nitrogens is 1. The van der Waals surface area contributed by atoms with E-state index in [0.717, 1.165) is 72.4 Å². The van der Waals surface area contributed by atoms with Crippen LogP contribution in [-0.2, 0) is 36.3 Å². The number of hydrogen-bond donors (Lipinski definition) is 3. The highest BCUT2D eigenvalue weighted by molar-refractivity contribution is 5.95. The van der Waals surface area contributed by atoms with Crippen molar-refractivity contribution in [2.24, 2.45) is 11.3 Å². The van der Waals surface area contributed by atoms with Crippen LogP contribution in [0.1, 0.15) is 79.2 Å². The Kier molecular flexibility index (Phi) is 10.9. The Morgan fingerprint density at radius 1 is 0.970 bits per heavy atom. The lowest BCUT2D eigenvalue weighted by molar-refractivity contribution is -0.216. The molecule has 0 radical (unpaired) electrons. The largest absolute Gasteiger partial charge is 0.497 e. The summed E-state index contributed by atoms with van der Waals surface area (Å²) in [6, 6.07) is 18.5. The van der Waals surface area contributed by atoms with Gasteiger partial charge in [-0.2, -0.15) is 0 Å². The lowest BCUT2D eigenvalue weighted by atomic mass is 9.47. The van der Waals surface area contributed by atoms with Gasteiger partial charge in [0.05, 0.1) is 33.9 Å². The second-order valence-corrected chi connectivity index (χ2v) is 19.6. The maximum Gasteiger partial charge on any atom is 0.322 e. The summed E-state index contributed by atoms with van der Waals surface area (Å²) in [5.74, 6) is -0.192. The number of nitrogens with zero attached hydrogens (tertiary/aromatic N) is 3. The Morgan fingerprint density at radius 3 is 2.53 bits per heavy atom. The topological polar surface area (TPSA) is 146 Å². The number of fused-ring (bicyclic) bond motifs is 6. The van der Waals surface area contributed by atoms with E-state index >= 15 is 4.79 Å². The molecule has 1 unspecified atom stereocenters. The third-order valence-electron chi connectivity index (χ3n) is 16.5. The number of para-hydroxylation sites is 1. The van der Waals surface area contributed by atoms with Crippen LogP contribution < -0.4 is 19.7 Å². The SMILES string of the molecule is CCC1=C[C@@H]2CN(CCc3c([nH]c4ccccc34)[C@@](C(=O)OC)(c3cc4c(cc3OC)N(C)[C@H]3[C@@](O)(CNC(=O)c5cccc(OC)c5)[C@H](OC(C)=O)[C@]5(CC)C=CCN6CC[C@]43[C@@H]65)C2)C1. The number of aromatic amines is 1. The molecule has 9 atom stereocenters. The van der Waals surface area contributed by atoms with E-state index < -0.39 is 45.9 Å². The first-order valence-corrected chi connectivity index (χ1v) is 23.6. The van der Waals surface area contributed by atoms with E-state index in [-0.39, 0.29) is 24.5 Å². The molecule has 3 aromatic carbocycles. The zero-order valence-corrected chi connectivity index (χ0v) is 39.2. The van der Waals surface area contributed by atoms with Crippen LogP contribution >= 0.6 is 0 Å². The number of likely N-dealkylation sites (N-methyl/N-ethyl adjacent to an activating group) is 1. The van der Waals surface area contributed by atoms with Crippen LogP contribution in [0.2, 0.25) is 0 Å². The molecule has 3 N–H and O–H groups in total. The van der Waals surface area contributed by atoms with Crippen LogP contribution in [0.4, 0.5) is 5.69 Å². The minimum absolute atomic E-state index is 0.0207. The molecule has 13 heteroatoms. The van der Waals surface area contributed by atoms with E-state index in [1.807, 2.05) is 19.2 Å². The molecule has 6 heterocycles. The molecule has 10 rings (SSSR count). The molecule has 13 nitrogen and oxygen atoms in total. The number of aliphatic hydroxyl groups is 1. The third kappa shape index (κ3) is 6.25. The molecule has 6 aliphatic rings. The van der Waals surface area contributed by atoms with Crippen molar-refractivity contribution in [3.8, 4) is 11.5 Å². The Morgan fingerprint density at radius 2 is 1.79 bits per heavy atom. The highest BCUT2D eigenvalue weighted by atomic mass is 16.6. The smallest absolute Gasteiger partial charge is 0.322 e. The molecule has 1 saturated carbocycles. The molecule has 5 aliphatic heterocycles. The van der Waals surface area contributed by atoms with Crippen LogP contribution in [0, 0.1) is 11.3 Å². The average molecular weight is 898 g/mol. The molecule has 1 aromatic heterocycles. The number of esters is 2. The number of amides is 1. The van der Waals surface area contributed by atoms with Crippen molar-refractivity contribution in [2.45, 2.75) is 87.5 Å². The fraction of sp³-hybridized carbons (Fsp3) is 0.491. The van der Waals surface area contributed by atoms with Crippen LogP contribution in [-0.4, -0.2) is 129 Å². The Balaban J connectivity index is 1.23. The lowest BCUT2D eigenvalue weighted by Gasteiger charge is -2.64. The number of H-pyrrole nitrogens is 1. The van der Waals surface area contributed by atoms with Crippen molar-refractivity contribution >= 4 is 34.4 Å². The summed E-state index contributed by atoms with van der Waals surface area (Å²) in [7, 11) is 6.67. The van der Waals surface area contributed by atoms with Gasteiger partial charge < -0.3 is 39.3 Å². The van der Waals surface area contributed by atoms with Gasteiger partial charge in [0.25, 0.3) is 5.91 Å². The molecule has 1 amide bonds. The number of hydrogen-bond acceptors (Lipinski definition) is 11. The molecular weight excluding hydrogens is 835 g/mol. The van der Waals surface area contributed by atoms with Crippen LogP contribution in [0.3, 0.4) is 0 Å². The van der Waals surface area contributed by atoms with E-state index in [9.17, 15) is 14.7 Å². The third-order valence-corrected chi connectivity index (χ3v) is 16.5. The standard InChI is InChI=1S/C53H63N5O8/c1-8-33-24-34-28-52(49(61)65-7,44-38(18-22-57(29-33)30-34)37-16-10-11-17-41(37)55-44)40-26-39-42(27-43(40)64-6)56(4)47-51(39)20-23-58-21-13-19-50(9-2,46(51)58)48(66-32(3)59)53(47,62)31-54-45(60)35-14-12-15-36(25-35)63-5/h10-17,19,24-27,34,46-48,55,62H,8-9,18,20-23,28-31H2,1-7H3,(H,54,60)/t34-,46-,47+,48+,50+,51+,52-,53-/m0/s1. The van der Waals surface area contributed by atoms with Gasteiger partial charge >= 0.3 is 11.9 Å². The number of nitrogens with one attached hydrogen (secondary N) is 2. The molecule has 348 valence electrons. The molecular formula is C53H63N5O8. The van der Waals surface area contributed by atoms with E-state index in [0.29, 0.717) is 48.4 Å². The first-order chi connectivity index (χ1) is 31.8. The van der Waals surface area contributed by atoms with Crippen molar-refractivity contribution in [1.82, 2.24) is 20.1 Å². The fourth-order valence-corrected chi connectivity index (χ4v) is 14.1. The molecule has 66 heavy (non-hydrogen) atoms. The number of ether oxygens (including phenoxy) is 4. The van der Waals surface area contributed by atoms with Gasteiger partial charge in [0.2, 0.25) is 0 Å². The van der Waals surface area contributed by atoms with Crippen LogP contribution in [0.25, 0.3) is 10.9 Å². The zero-order chi connectivity index (χ0) is 46.3. The summed E-state index contributed by atoms with van der Waals surface area (Å²) in [5.41, 5.74) is 2.32. The number of benzene rings is 3. The summed E-state index contributed by atoms with van der Waals surface area (Å²) in [4.78, 5) is 53.9. The minimum atomic E-state index is -1.83. The molecule has 1 spiro atoms. The predicted octanol–water partition coefficient (Wildman–Crippen LogP) is 6.06. The van der Waals surface area contributed by atoms with Crippen molar-refractivity contribution < 1.29 is 38.4 Å². The first kappa shape index (κ1) is 44.2. The molecule has 2 bridgehead atoms. The fourth-order valence-electron chi connectivity index (χ4n) is 14.1. The van der Waals surface area contributed by atoms with Gasteiger partial charge in [-0.15, -0.1) is 0 Å². The van der Waals surface area contributed by atoms with E-state index in [1.165, 1.54) is 19.6 Å². The molecule has 1 aliphatic carbocycles. The normalized spacial score (nSPS) is 31.8. The second-order valence-electron chi connectivity index (χ2n) is 19.6. The van der Waals surface area contributed by atoms with Gasteiger partial charge in [0, 0.05) is 96.5 Å². The highest BCUT2D eigenvalue weighted by Crippen LogP contribution is 2.68. The summed E-state index contributed by atoms with van der Waals surface area (Å²) in [5, 5.41) is 18.2. The number of rotatable bonds is 10. The van der Waals surface area contributed by atoms with E-state index in [2.05, 4.69) is 81.3 Å². The monoisotopic (exact) mass is 897 g/mol. The Labute approximate surface area is 387 Å². The van der Waals surface area contributed by atoms with Gasteiger partial charge in [-0.25, -0.2) is 0 Å². The Bertz CT molecular complexity index is 2680. The maximum absolute atomic E-state index is 15.5. The first-order valence-electron chi connectivity index (χ1n) is 23.6. The van der Waals surface area contributed by atoms with Crippen molar-refractivity contribution in [3.05, 3.63) is 112 Å². The number of carbonyl (C=O) groups is 3. The molecule has 1 saturated heterocycles. The van der Waals surface area contributed by atoms with E-state index in [1.54, 1.807) is 38.5 Å². The van der Waals surface area contributed by atoms with Gasteiger partial charge in [-0.05, 0) is 86.0 Å². The minimum Gasteiger partial charge on any atom is -0.497 e. The van der Waals surface area contributed by atoms with Gasteiger partial charge in [0.15, 0.2) is 0 Å². The van der Waals surface area contributed by atoms with Gasteiger partial charge in [-0.3, -0.25) is 24.2 Å². The van der Waals surface area contributed by atoms with Gasteiger partial charge in [-0.1, -0.05) is 61.9 Å². The quantitative estimate of drug-likeness (QED) is 0.126. The summed E-state index contributed by atoms with van der Waals surface area (Å²) >= 11 is 0. The average Bonchev–Trinajstić information content (AvgIpc) is 4.00. The van der Waals surface area contributed by atoms with Crippen LogP contribution in [0.15, 0.2) is 84.5 Å². The van der Waals surface area contributed by atoms with E-state index in [4.69, 9.17) is 18.9 Å². The van der Waals surface area contributed by atoms with Gasteiger partial charge in [0.1, 0.15) is 28.6 Å². The predicted molar refractivity (Wildman–Crippen MR) is 252 cm³/mol. The molecule has 2 fully saturated rings. The van der Waals surface area contributed by atoms with Crippen LogP contribution in [0.5, 0.6) is 11.5 Å². The maximum atomic E-state index is 15.5. The summed E-state index contributed by atoms with van der Waals surface area (Å²) in [6.45, 7) is 9.43. The number of methoxy groups -OCH3 is 3. The lowest BCUT2D eigenvalue weighted by Crippen LogP contribution is -2.81. The number of carbonyl (C=O) groups excluding carboxylic acids is 3. The van der Waals surface area contributed by atoms with Crippen molar-refractivity contribution in [3.63, 3.8) is 0 Å². The number of anilines is 1. The van der Waals surface area contributed by atoms with Crippen molar-refractivity contribution in [1.29, 1.82) is 0 Å². The zero-order valence-electron chi connectivity index (χ0n) is 39.2. The van der Waals surface area contributed by atoms with Crippen molar-refractivity contribution in [2.75, 3.05) is 72.5 Å². The Hall–Kier alpha value is -5.63. The second kappa shape index (κ2) is 16.3. The summed E-state index contributed by atoms with van der Waals surface area (Å²) in [6.07, 6.45) is 8.95. The summed E-state index contributed by atoms with van der Waals surface area (Å²) < 4.78 is 24.4. The highest BCUT2D eigenvalue weighted by Gasteiger charge is 2.78. The molecule has 4 aromatic rings.